The predicted octanol–water partition coefficient (Wildman–Crippen LogP) is 3.43. The molecule has 1 heterocycles. The molecular formula is C17H24FNO3. The first-order valence-corrected chi connectivity index (χ1v) is 7.68. The van der Waals surface area contributed by atoms with Crippen LogP contribution in [0.5, 0.6) is 0 Å². The summed E-state index contributed by atoms with van der Waals surface area (Å²) in [6, 6.07) is 4.90. The number of aliphatic hydroxyl groups excluding tert-OH is 1. The second-order valence-electron chi connectivity index (χ2n) is 6.71. The average molecular weight is 309 g/mol. The standard InChI is InChI=1S/C17H24FNO3/c1-17(2,3)22-16(21)19-9-7-12(8-10-19)13-5-4-6-15(18)14(13)11-20/h4-6,12,20H,7-11H2,1-3H3. The number of halogens is 1. The molecule has 1 amide bonds. The van der Waals surface area contributed by atoms with E-state index in [-0.39, 0.29) is 24.4 Å². The van der Waals surface area contributed by atoms with Gasteiger partial charge in [0.15, 0.2) is 0 Å². The second kappa shape index (κ2) is 6.65. The zero-order valence-electron chi connectivity index (χ0n) is 13.4. The molecule has 5 heteroatoms. The highest BCUT2D eigenvalue weighted by Gasteiger charge is 2.28. The zero-order valence-corrected chi connectivity index (χ0v) is 13.4. The number of hydrogen-bond donors (Lipinski definition) is 1. The van der Waals surface area contributed by atoms with E-state index in [4.69, 9.17) is 4.74 Å². The molecule has 4 nitrogen and oxygen atoms in total. The first-order chi connectivity index (χ1) is 10.3. The van der Waals surface area contributed by atoms with Crippen molar-refractivity contribution in [3.8, 4) is 0 Å². The topological polar surface area (TPSA) is 49.8 Å². The van der Waals surface area contributed by atoms with Crippen LogP contribution in [0.2, 0.25) is 0 Å². The maximum Gasteiger partial charge on any atom is 0.410 e. The molecule has 22 heavy (non-hydrogen) atoms. The summed E-state index contributed by atoms with van der Waals surface area (Å²) in [6.07, 6.45) is 1.19. The third kappa shape index (κ3) is 3.97. The fourth-order valence-electron chi connectivity index (χ4n) is 2.82. The van der Waals surface area contributed by atoms with E-state index in [1.807, 2.05) is 26.8 Å². The lowest BCUT2D eigenvalue weighted by atomic mass is 9.86. The van der Waals surface area contributed by atoms with Crippen molar-refractivity contribution in [2.24, 2.45) is 0 Å². The third-order valence-corrected chi connectivity index (χ3v) is 3.90. The number of amides is 1. The van der Waals surface area contributed by atoms with Crippen molar-refractivity contribution in [2.45, 2.75) is 51.7 Å². The van der Waals surface area contributed by atoms with E-state index < -0.39 is 5.60 Å². The SMILES string of the molecule is CC(C)(C)OC(=O)N1CCC(c2cccc(F)c2CO)CC1. The maximum atomic E-state index is 13.8. The highest BCUT2D eigenvalue weighted by Crippen LogP contribution is 2.32. The Kier molecular flexibility index (Phi) is 5.06. The lowest BCUT2D eigenvalue weighted by molar-refractivity contribution is 0.0204. The van der Waals surface area contributed by atoms with Crippen LogP contribution in [-0.2, 0) is 11.3 Å². The molecule has 0 bridgehead atoms. The van der Waals surface area contributed by atoms with Gasteiger partial charge in [-0.1, -0.05) is 12.1 Å². The lowest BCUT2D eigenvalue weighted by Crippen LogP contribution is -2.41. The number of rotatable bonds is 2. The highest BCUT2D eigenvalue weighted by atomic mass is 19.1. The number of hydrogen-bond acceptors (Lipinski definition) is 3. The Morgan fingerprint density at radius 3 is 2.55 bits per heavy atom. The van der Waals surface area contributed by atoms with Gasteiger partial charge in [-0.2, -0.15) is 0 Å². The molecule has 1 saturated heterocycles. The Morgan fingerprint density at radius 1 is 1.36 bits per heavy atom. The van der Waals surface area contributed by atoms with Gasteiger partial charge in [0.25, 0.3) is 0 Å². The highest BCUT2D eigenvalue weighted by molar-refractivity contribution is 5.68. The summed E-state index contributed by atoms with van der Waals surface area (Å²) in [5.41, 5.74) is 0.727. The third-order valence-electron chi connectivity index (χ3n) is 3.90. The van der Waals surface area contributed by atoms with Crippen LogP contribution in [0.25, 0.3) is 0 Å². The minimum absolute atomic E-state index is 0.163. The van der Waals surface area contributed by atoms with Crippen LogP contribution < -0.4 is 0 Å². The van der Waals surface area contributed by atoms with Crippen molar-refractivity contribution in [2.75, 3.05) is 13.1 Å². The first kappa shape index (κ1) is 16.7. The molecule has 1 aromatic rings. The van der Waals surface area contributed by atoms with Gasteiger partial charge in [-0.15, -0.1) is 0 Å². The average Bonchev–Trinajstić information content (AvgIpc) is 2.45. The molecule has 1 N–H and O–H groups in total. The van der Waals surface area contributed by atoms with Crippen LogP contribution in [0.3, 0.4) is 0 Å². The van der Waals surface area contributed by atoms with Crippen LogP contribution in [0.4, 0.5) is 9.18 Å². The van der Waals surface area contributed by atoms with Gasteiger partial charge in [0.05, 0.1) is 6.61 Å². The number of benzene rings is 1. The van der Waals surface area contributed by atoms with Crippen LogP contribution >= 0.6 is 0 Å². The molecule has 1 fully saturated rings. The van der Waals surface area contributed by atoms with E-state index in [0.717, 1.165) is 18.4 Å². The van der Waals surface area contributed by atoms with Crippen molar-refractivity contribution < 1.29 is 19.0 Å². The van der Waals surface area contributed by atoms with Crippen LogP contribution in [0, 0.1) is 5.82 Å². The Balaban J connectivity index is 2.01. The lowest BCUT2D eigenvalue weighted by Gasteiger charge is -2.34. The summed E-state index contributed by atoms with van der Waals surface area (Å²) in [5.74, 6) is -0.203. The first-order valence-electron chi connectivity index (χ1n) is 7.68. The Morgan fingerprint density at radius 2 is 2.00 bits per heavy atom. The Hall–Kier alpha value is -1.62. The van der Waals surface area contributed by atoms with Crippen molar-refractivity contribution in [1.82, 2.24) is 4.90 Å². The van der Waals surface area contributed by atoms with Gasteiger partial charge in [0.1, 0.15) is 11.4 Å². The molecule has 0 atom stereocenters. The van der Waals surface area contributed by atoms with Gasteiger partial charge >= 0.3 is 6.09 Å². The van der Waals surface area contributed by atoms with Gasteiger partial charge in [0, 0.05) is 18.7 Å². The molecule has 0 radical (unpaired) electrons. The number of aliphatic hydroxyl groups is 1. The van der Waals surface area contributed by atoms with Gasteiger partial charge in [-0.05, 0) is 51.2 Å². The molecule has 0 saturated carbocycles. The van der Waals surface area contributed by atoms with Gasteiger partial charge in [-0.3, -0.25) is 0 Å². The summed E-state index contributed by atoms with van der Waals surface area (Å²) in [4.78, 5) is 13.7. The summed E-state index contributed by atoms with van der Waals surface area (Å²) in [6.45, 7) is 6.41. The van der Waals surface area contributed by atoms with Crippen molar-refractivity contribution in [3.63, 3.8) is 0 Å². The van der Waals surface area contributed by atoms with Crippen molar-refractivity contribution in [3.05, 3.63) is 35.1 Å². The van der Waals surface area contributed by atoms with E-state index in [2.05, 4.69) is 0 Å². The fourth-order valence-corrected chi connectivity index (χ4v) is 2.82. The molecule has 122 valence electrons. The van der Waals surface area contributed by atoms with E-state index in [1.165, 1.54) is 6.07 Å². The van der Waals surface area contributed by atoms with Crippen molar-refractivity contribution in [1.29, 1.82) is 0 Å². The minimum Gasteiger partial charge on any atom is -0.444 e. The predicted molar refractivity (Wildman–Crippen MR) is 82.1 cm³/mol. The van der Waals surface area contributed by atoms with E-state index in [9.17, 15) is 14.3 Å². The van der Waals surface area contributed by atoms with E-state index in [0.29, 0.717) is 18.7 Å². The van der Waals surface area contributed by atoms with Crippen molar-refractivity contribution >= 4 is 6.09 Å². The van der Waals surface area contributed by atoms with Gasteiger partial charge in [-0.25, -0.2) is 9.18 Å². The molecule has 0 aliphatic carbocycles. The van der Waals surface area contributed by atoms with Gasteiger partial charge < -0.3 is 14.7 Å². The van der Waals surface area contributed by atoms with Gasteiger partial charge in [0.2, 0.25) is 0 Å². The summed E-state index contributed by atoms with van der Waals surface area (Å²) < 4.78 is 19.1. The summed E-state index contributed by atoms with van der Waals surface area (Å²) in [5, 5.41) is 9.37. The smallest absolute Gasteiger partial charge is 0.410 e. The van der Waals surface area contributed by atoms with E-state index in [1.54, 1.807) is 11.0 Å². The van der Waals surface area contributed by atoms with Crippen LogP contribution in [-0.4, -0.2) is 34.8 Å². The van der Waals surface area contributed by atoms with E-state index >= 15 is 0 Å². The molecular weight excluding hydrogens is 285 g/mol. The molecule has 0 spiro atoms. The number of ether oxygens (including phenoxy) is 1. The van der Waals surface area contributed by atoms with Crippen LogP contribution in [0.1, 0.15) is 50.7 Å². The monoisotopic (exact) mass is 309 g/mol. The number of nitrogens with zero attached hydrogens (tertiary/aromatic N) is 1. The normalized spacial score (nSPS) is 16.7. The largest absolute Gasteiger partial charge is 0.444 e. The second-order valence-corrected chi connectivity index (χ2v) is 6.71. The summed E-state index contributed by atoms with van der Waals surface area (Å²) in [7, 11) is 0. The number of likely N-dealkylation sites (tertiary alicyclic amines) is 1. The molecule has 0 unspecified atom stereocenters. The van der Waals surface area contributed by atoms with Crippen LogP contribution in [0.15, 0.2) is 18.2 Å². The Bertz CT molecular complexity index is 531. The number of carbonyl (C=O) groups excluding carboxylic acids is 1. The number of piperidine rings is 1. The molecule has 1 aliphatic rings. The Labute approximate surface area is 130 Å². The maximum absolute atomic E-state index is 13.8. The minimum atomic E-state index is -0.499. The molecule has 0 aromatic heterocycles. The zero-order chi connectivity index (χ0) is 16.3. The number of carbonyl (C=O) groups is 1. The molecule has 1 aromatic carbocycles. The summed E-state index contributed by atoms with van der Waals surface area (Å²) >= 11 is 0. The quantitative estimate of drug-likeness (QED) is 0.910. The molecule has 1 aliphatic heterocycles. The fraction of sp³-hybridized carbons (Fsp3) is 0.588. The molecule has 2 rings (SSSR count).